The van der Waals surface area contributed by atoms with E-state index in [9.17, 15) is 14.4 Å². The number of carbonyl (C=O) groups is 3. The van der Waals surface area contributed by atoms with Crippen LogP contribution in [-0.2, 0) is 9.59 Å². The average molecular weight is 206 g/mol. The van der Waals surface area contributed by atoms with Crippen molar-refractivity contribution in [3.8, 4) is 0 Å². The van der Waals surface area contributed by atoms with Crippen LogP contribution >= 0.6 is 0 Å². The minimum absolute atomic E-state index is 0.365. The number of rotatable bonds is 4. The van der Waals surface area contributed by atoms with Gasteiger partial charge in [-0.1, -0.05) is 23.8 Å². The fraction of sp³-hybridized carbons (Fsp3) is 0.182. The Balaban J connectivity index is 2.78. The second-order valence-corrected chi connectivity index (χ2v) is 3.20. The Morgan fingerprint density at radius 1 is 1.27 bits per heavy atom. The number of Topliss-reactive ketones (excluding diaryl/α,β-unsaturated/α-hetero) is 2. The average Bonchev–Trinajstić information content (AvgIpc) is 2.17. The number of carboxylic acid groups (broad SMARTS) is 1. The third-order valence-electron chi connectivity index (χ3n) is 1.90. The van der Waals surface area contributed by atoms with Crippen molar-refractivity contribution in [2.75, 3.05) is 0 Å². The SMILES string of the molecule is Cc1cccc(C(=O)CC(=O)C(=O)O)c1. The molecule has 78 valence electrons. The van der Waals surface area contributed by atoms with Crippen molar-refractivity contribution in [3.63, 3.8) is 0 Å². The van der Waals surface area contributed by atoms with Gasteiger partial charge in [0.2, 0.25) is 5.78 Å². The zero-order valence-electron chi connectivity index (χ0n) is 8.19. The summed E-state index contributed by atoms with van der Waals surface area (Å²) in [4.78, 5) is 32.4. The van der Waals surface area contributed by atoms with Gasteiger partial charge >= 0.3 is 5.97 Å². The molecule has 0 radical (unpaired) electrons. The van der Waals surface area contributed by atoms with Gasteiger partial charge in [0.15, 0.2) is 5.78 Å². The Morgan fingerprint density at radius 3 is 2.47 bits per heavy atom. The Bertz CT molecular complexity index is 420. The lowest BCUT2D eigenvalue weighted by Gasteiger charge is -1.99. The van der Waals surface area contributed by atoms with E-state index < -0.39 is 24.0 Å². The number of aliphatic carboxylic acids is 1. The molecule has 0 heterocycles. The second-order valence-electron chi connectivity index (χ2n) is 3.20. The maximum absolute atomic E-state index is 11.4. The maximum Gasteiger partial charge on any atom is 0.372 e. The Kier molecular flexibility index (Phi) is 3.33. The van der Waals surface area contributed by atoms with Gasteiger partial charge in [0.1, 0.15) is 0 Å². The zero-order valence-corrected chi connectivity index (χ0v) is 8.19. The Labute approximate surface area is 86.5 Å². The zero-order chi connectivity index (χ0) is 11.4. The Hall–Kier alpha value is -1.97. The van der Waals surface area contributed by atoms with Crippen LogP contribution in [0.4, 0.5) is 0 Å². The van der Waals surface area contributed by atoms with Gasteiger partial charge in [0.05, 0.1) is 6.42 Å². The van der Waals surface area contributed by atoms with E-state index in [2.05, 4.69) is 0 Å². The van der Waals surface area contributed by atoms with Gasteiger partial charge in [-0.3, -0.25) is 9.59 Å². The molecule has 1 aromatic carbocycles. The summed E-state index contributed by atoms with van der Waals surface area (Å²) in [6.45, 7) is 1.82. The first kappa shape index (κ1) is 11.1. The topological polar surface area (TPSA) is 71.4 Å². The Morgan fingerprint density at radius 2 is 1.93 bits per heavy atom. The fourth-order valence-corrected chi connectivity index (χ4v) is 1.14. The summed E-state index contributed by atoms with van der Waals surface area (Å²) < 4.78 is 0. The van der Waals surface area contributed by atoms with Gasteiger partial charge in [-0.15, -0.1) is 0 Å². The van der Waals surface area contributed by atoms with Crippen molar-refractivity contribution >= 4 is 17.5 Å². The number of carboxylic acids is 1. The highest BCUT2D eigenvalue weighted by Gasteiger charge is 2.17. The molecule has 0 aliphatic carbocycles. The van der Waals surface area contributed by atoms with Crippen LogP contribution in [0, 0.1) is 6.92 Å². The lowest BCUT2D eigenvalue weighted by molar-refractivity contribution is -0.148. The summed E-state index contributed by atoms with van der Waals surface area (Å²) in [6, 6.07) is 6.69. The molecular formula is C11H10O4. The highest BCUT2D eigenvalue weighted by atomic mass is 16.4. The first-order valence-electron chi connectivity index (χ1n) is 4.36. The number of hydrogen-bond donors (Lipinski definition) is 1. The molecule has 0 fully saturated rings. The number of hydrogen-bond acceptors (Lipinski definition) is 3. The van der Waals surface area contributed by atoms with Crippen molar-refractivity contribution in [1.82, 2.24) is 0 Å². The van der Waals surface area contributed by atoms with E-state index >= 15 is 0 Å². The molecule has 0 bridgehead atoms. The van der Waals surface area contributed by atoms with Crippen LogP contribution in [0.1, 0.15) is 22.3 Å². The normalized spacial score (nSPS) is 9.67. The standard InChI is InChI=1S/C11H10O4/c1-7-3-2-4-8(5-7)9(12)6-10(13)11(14)15/h2-5H,6H2,1H3,(H,14,15). The van der Waals surface area contributed by atoms with E-state index in [1.807, 2.05) is 13.0 Å². The third-order valence-corrected chi connectivity index (χ3v) is 1.90. The minimum atomic E-state index is -1.57. The monoisotopic (exact) mass is 206 g/mol. The molecule has 1 N–H and O–H groups in total. The third kappa shape index (κ3) is 3.02. The van der Waals surface area contributed by atoms with E-state index in [1.54, 1.807) is 18.2 Å². The predicted molar refractivity (Wildman–Crippen MR) is 52.8 cm³/mol. The molecule has 1 rings (SSSR count). The van der Waals surface area contributed by atoms with E-state index in [1.165, 1.54) is 0 Å². The van der Waals surface area contributed by atoms with Crippen LogP contribution in [0.15, 0.2) is 24.3 Å². The maximum atomic E-state index is 11.4. The van der Waals surface area contributed by atoms with Crippen LogP contribution in [0.25, 0.3) is 0 Å². The fourth-order valence-electron chi connectivity index (χ4n) is 1.14. The van der Waals surface area contributed by atoms with Crippen molar-refractivity contribution in [2.24, 2.45) is 0 Å². The quantitative estimate of drug-likeness (QED) is 0.456. The van der Waals surface area contributed by atoms with Crippen molar-refractivity contribution in [1.29, 1.82) is 0 Å². The first-order chi connectivity index (χ1) is 7.00. The summed E-state index contributed by atoms with van der Waals surface area (Å²) in [7, 11) is 0. The molecule has 4 heteroatoms. The van der Waals surface area contributed by atoms with Gasteiger partial charge in [-0.25, -0.2) is 4.79 Å². The van der Waals surface area contributed by atoms with Gasteiger partial charge in [-0.05, 0) is 13.0 Å². The highest BCUT2D eigenvalue weighted by molar-refractivity contribution is 6.37. The van der Waals surface area contributed by atoms with E-state index in [4.69, 9.17) is 5.11 Å². The molecule has 0 atom stereocenters. The molecule has 0 aromatic heterocycles. The molecule has 0 unspecified atom stereocenters. The highest BCUT2D eigenvalue weighted by Crippen LogP contribution is 2.07. The van der Waals surface area contributed by atoms with E-state index in [0.717, 1.165) is 5.56 Å². The van der Waals surface area contributed by atoms with E-state index in [0.29, 0.717) is 5.56 Å². The van der Waals surface area contributed by atoms with Crippen LogP contribution in [0.3, 0.4) is 0 Å². The van der Waals surface area contributed by atoms with Crippen LogP contribution < -0.4 is 0 Å². The smallest absolute Gasteiger partial charge is 0.372 e. The molecule has 0 saturated heterocycles. The predicted octanol–water partition coefficient (Wildman–Crippen LogP) is 1.22. The molecule has 0 amide bonds. The molecule has 0 aliphatic rings. The summed E-state index contributed by atoms with van der Waals surface area (Å²) in [5.74, 6) is -3.12. The number of aryl methyl sites for hydroxylation is 1. The first-order valence-corrected chi connectivity index (χ1v) is 4.36. The largest absolute Gasteiger partial charge is 0.475 e. The van der Waals surface area contributed by atoms with Crippen molar-refractivity contribution in [3.05, 3.63) is 35.4 Å². The molecule has 0 spiro atoms. The number of benzene rings is 1. The second kappa shape index (κ2) is 4.50. The van der Waals surface area contributed by atoms with Crippen LogP contribution in [-0.4, -0.2) is 22.6 Å². The summed E-state index contributed by atoms with van der Waals surface area (Å²) >= 11 is 0. The molecule has 0 saturated carbocycles. The van der Waals surface area contributed by atoms with Crippen LogP contribution in [0.5, 0.6) is 0 Å². The summed E-state index contributed by atoms with van der Waals surface area (Å²) in [5, 5.41) is 8.33. The van der Waals surface area contributed by atoms with Gasteiger partial charge in [0, 0.05) is 5.56 Å². The van der Waals surface area contributed by atoms with Crippen LogP contribution in [0.2, 0.25) is 0 Å². The minimum Gasteiger partial charge on any atom is -0.475 e. The summed E-state index contributed by atoms with van der Waals surface area (Å²) in [6.07, 6.45) is -0.585. The van der Waals surface area contributed by atoms with Gasteiger partial charge in [0.25, 0.3) is 0 Å². The molecular weight excluding hydrogens is 196 g/mol. The van der Waals surface area contributed by atoms with Gasteiger partial charge in [-0.2, -0.15) is 0 Å². The molecule has 1 aromatic rings. The van der Waals surface area contributed by atoms with E-state index in [-0.39, 0.29) is 0 Å². The lowest BCUT2D eigenvalue weighted by Crippen LogP contribution is -2.17. The molecule has 0 aliphatic heterocycles. The molecule has 4 nitrogen and oxygen atoms in total. The van der Waals surface area contributed by atoms with Crippen molar-refractivity contribution in [2.45, 2.75) is 13.3 Å². The molecule has 15 heavy (non-hydrogen) atoms. The van der Waals surface area contributed by atoms with Crippen molar-refractivity contribution < 1.29 is 19.5 Å². The number of carbonyl (C=O) groups excluding carboxylic acids is 2. The number of ketones is 2. The lowest BCUT2D eigenvalue weighted by atomic mass is 10.0. The summed E-state index contributed by atoms with van der Waals surface area (Å²) in [5.41, 5.74) is 1.26. The van der Waals surface area contributed by atoms with Gasteiger partial charge < -0.3 is 5.11 Å².